The lowest BCUT2D eigenvalue weighted by Crippen LogP contribution is -2.17. The van der Waals surface area contributed by atoms with Gasteiger partial charge < -0.3 is 5.32 Å². The molecule has 0 aliphatic rings. The summed E-state index contributed by atoms with van der Waals surface area (Å²) < 4.78 is 13.6. The molecule has 0 spiro atoms. The van der Waals surface area contributed by atoms with Gasteiger partial charge in [-0.1, -0.05) is 6.92 Å². The smallest absolute Gasteiger partial charge is 0.140 e. The van der Waals surface area contributed by atoms with Crippen molar-refractivity contribution in [3.05, 3.63) is 12.2 Å². The molecule has 1 heterocycles. The maximum Gasteiger partial charge on any atom is 0.140 e. The third-order valence-corrected chi connectivity index (χ3v) is 1.73. The van der Waals surface area contributed by atoms with E-state index in [9.17, 15) is 4.39 Å². The average Bonchev–Trinajstić information content (AvgIpc) is 2.59. The minimum Gasteiger partial charge on any atom is -0.310 e. The second-order valence-corrected chi connectivity index (χ2v) is 2.72. The van der Waals surface area contributed by atoms with E-state index in [0.717, 1.165) is 12.4 Å². The second-order valence-electron chi connectivity index (χ2n) is 2.72. The molecule has 74 valence electrons. The number of aromatic nitrogens is 3. The minimum absolute atomic E-state index is 0.305. The van der Waals surface area contributed by atoms with Crippen LogP contribution in [0.15, 0.2) is 6.33 Å². The lowest BCUT2D eigenvalue weighted by atomic mass is 10.4. The predicted molar refractivity (Wildman–Crippen MR) is 48.0 cm³/mol. The molecule has 0 fully saturated rings. The zero-order chi connectivity index (χ0) is 9.52. The Hall–Kier alpha value is -0.970. The number of aryl methyl sites for hydroxylation is 1. The predicted octanol–water partition coefficient (Wildman–Crippen LogP) is 0.747. The Kier molecular flexibility index (Phi) is 4.39. The Labute approximate surface area is 77.2 Å². The highest BCUT2D eigenvalue weighted by molar-refractivity contribution is 4.83. The Bertz CT molecular complexity index is 213. The molecular formula is C8H15FN4. The van der Waals surface area contributed by atoms with Crippen LogP contribution >= 0.6 is 0 Å². The monoisotopic (exact) mass is 186 g/mol. The summed E-state index contributed by atoms with van der Waals surface area (Å²) in [7, 11) is 0. The zero-order valence-corrected chi connectivity index (χ0v) is 7.83. The Morgan fingerprint density at radius 2 is 2.46 bits per heavy atom. The molecule has 1 rings (SSSR count). The Morgan fingerprint density at radius 1 is 1.62 bits per heavy atom. The SMILES string of the molecule is CCNCc1ncnn1CCCF. The molecule has 1 aromatic rings. The summed E-state index contributed by atoms with van der Waals surface area (Å²) >= 11 is 0. The van der Waals surface area contributed by atoms with Gasteiger partial charge in [0.1, 0.15) is 12.2 Å². The van der Waals surface area contributed by atoms with Crippen LogP contribution in [-0.4, -0.2) is 28.0 Å². The van der Waals surface area contributed by atoms with E-state index in [1.807, 2.05) is 6.92 Å². The molecule has 0 atom stereocenters. The van der Waals surface area contributed by atoms with Crippen molar-refractivity contribution >= 4 is 0 Å². The summed E-state index contributed by atoms with van der Waals surface area (Å²) in [5.74, 6) is 0.871. The number of nitrogens with one attached hydrogen (secondary N) is 1. The van der Waals surface area contributed by atoms with Crippen molar-refractivity contribution < 1.29 is 4.39 Å². The van der Waals surface area contributed by atoms with Crippen LogP contribution in [0.25, 0.3) is 0 Å². The Morgan fingerprint density at radius 3 is 3.15 bits per heavy atom. The number of hydrogen-bond donors (Lipinski definition) is 1. The molecule has 0 aliphatic heterocycles. The molecule has 0 aromatic carbocycles. The lowest BCUT2D eigenvalue weighted by Gasteiger charge is -2.04. The molecule has 0 amide bonds. The normalized spacial score (nSPS) is 10.6. The summed E-state index contributed by atoms with van der Waals surface area (Å²) in [6.07, 6.45) is 2.01. The lowest BCUT2D eigenvalue weighted by molar-refractivity contribution is 0.426. The molecular weight excluding hydrogens is 171 g/mol. The van der Waals surface area contributed by atoms with Crippen molar-refractivity contribution in [2.75, 3.05) is 13.2 Å². The summed E-state index contributed by atoms with van der Waals surface area (Å²) in [5.41, 5.74) is 0. The van der Waals surface area contributed by atoms with E-state index >= 15 is 0 Å². The molecule has 0 unspecified atom stereocenters. The number of rotatable bonds is 6. The molecule has 4 nitrogen and oxygen atoms in total. The first-order valence-corrected chi connectivity index (χ1v) is 4.51. The molecule has 0 bridgehead atoms. The molecule has 0 saturated carbocycles. The van der Waals surface area contributed by atoms with E-state index in [1.54, 1.807) is 4.68 Å². The molecule has 0 aliphatic carbocycles. The molecule has 0 saturated heterocycles. The summed E-state index contributed by atoms with van der Waals surface area (Å²) in [4.78, 5) is 4.07. The molecule has 5 heteroatoms. The van der Waals surface area contributed by atoms with Gasteiger partial charge in [-0.3, -0.25) is 4.39 Å². The highest BCUT2D eigenvalue weighted by Gasteiger charge is 2.01. The minimum atomic E-state index is -0.305. The van der Waals surface area contributed by atoms with Crippen molar-refractivity contribution in [1.29, 1.82) is 0 Å². The van der Waals surface area contributed by atoms with Crippen LogP contribution in [0.1, 0.15) is 19.2 Å². The van der Waals surface area contributed by atoms with E-state index in [-0.39, 0.29) is 6.67 Å². The number of nitrogens with zero attached hydrogens (tertiary/aromatic N) is 3. The molecule has 0 radical (unpaired) electrons. The molecule has 13 heavy (non-hydrogen) atoms. The fourth-order valence-corrected chi connectivity index (χ4v) is 1.06. The van der Waals surface area contributed by atoms with Crippen LogP contribution in [0.4, 0.5) is 4.39 Å². The van der Waals surface area contributed by atoms with Crippen LogP contribution in [0, 0.1) is 0 Å². The third-order valence-electron chi connectivity index (χ3n) is 1.73. The van der Waals surface area contributed by atoms with Gasteiger partial charge in [-0.05, 0) is 13.0 Å². The maximum absolute atomic E-state index is 11.9. The first-order valence-electron chi connectivity index (χ1n) is 4.51. The highest BCUT2D eigenvalue weighted by Crippen LogP contribution is 1.95. The van der Waals surface area contributed by atoms with Gasteiger partial charge in [0.05, 0.1) is 13.2 Å². The van der Waals surface area contributed by atoms with E-state index in [2.05, 4.69) is 15.4 Å². The van der Waals surface area contributed by atoms with Crippen molar-refractivity contribution in [3.8, 4) is 0 Å². The largest absolute Gasteiger partial charge is 0.310 e. The van der Waals surface area contributed by atoms with Gasteiger partial charge in [0.2, 0.25) is 0 Å². The van der Waals surface area contributed by atoms with Gasteiger partial charge in [-0.25, -0.2) is 9.67 Å². The molecule has 1 aromatic heterocycles. The topological polar surface area (TPSA) is 42.7 Å². The van der Waals surface area contributed by atoms with Crippen LogP contribution in [0.3, 0.4) is 0 Å². The van der Waals surface area contributed by atoms with Gasteiger partial charge in [0, 0.05) is 6.54 Å². The average molecular weight is 186 g/mol. The quantitative estimate of drug-likeness (QED) is 0.712. The van der Waals surface area contributed by atoms with Crippen LogP contribution in [0.2, 0.25) is 0 Å². The number of alkyl halides is 1. The van der Waals surface area contributed by atoms with Crippen LogP contribution in [0.5, 0.6) is 0 Å². The highest BCUT2D eigenvalue weighted by atomic mass is 19.1. The van der Waals surface area contributed by atoms with Gasteiger partial charge in [-0.15, -0.1) is 0 Å². The summed E-state index contributed by atoms with van der Waals surface area (Å²) in [6.45, 7) is 3.93. The maximum atomic E-state index is 11.9. The Balaban J connectivity index is 2.45. The van der Waals surface area contributed by atoms with Crippen molar-refractivity contribution in [2.24, 2.45) is 0 Å². The summed E-state index contributed by atoms with van der Waals surface area (Å²) in [6, 6.07) is 0. The van der Waals surface area contributed by atoms with E-state index in [1.165, 1.54) is 6.33 Å². The standard InChI is InChI=1S/C8H15FN4/c1-2-10-6-8-11-7-12-13(8)5-3-4-9/h7,10H,2-6H2,1H3. The number of halogens is 1. The fourth-order valence-electron chi connectivity index (χ4n) is 1.06. The van der Waals surface area contributed by atoms with Gasteiger partial charge in [-0.2, -0.15) is 5.10 Å². The van der Waals surface area contributed by atoms with Crippen molar-refractivity contribution in [2.45, 2.75) is 26.4 Å². The van der Waals surface area contributed by atoms with Crippen molar-refractivity contribution in [1.82, 2.24) is 20.1 Å². The second kappa shape index (κ2) is 5.64. The molecule has 1 N–H and O–H groups in total. The number of hydrogen-bond acceptors (Lipinski definition) is 3. The first-order chi connectivity index (χ1) is 6.38. The third kappa shape index (κ3) is 3.10. The van der Waals surface area contributed by atoms with Crippen molar-refractivity contribution in [3.63, 3.8) is 0 Å². The van der Waals surface area contributed by atoms with Gasteiger partial charge >= 0.3 is 0 Å². The zero-order valence-electron chi connectivity index (χ0n) is 7.83. The van der Waals surface area contributed by atoms with E-state index in [4.69, 9.17) is 0 Å². The van der Waals surface area contributed by atoms with Crippen LogP contribution < -0.4 is 5.32 Å². The fraction of sp³-hybridized carbons (Fsp3) is 0.750. The van der Waals surface area contributed by atoms with Crippen LogP contribution in [-0.2, 0) is 13.1 Å². The summed E-state index contributed by atoms with van der Waals surface area (Å²) in [5, 5.41) is 7.16. The van der Waals surface area contributed by atoms with Gasteiger partial charge in [0.15, 0.2) is 0 Å². The van der Waals surface area contributed by atoms with E-state index < -0.39 is 0 Å². The van der Waals surface area contributed by atoms with E-state index in [0.29, 0.717) is 19.5 Å². The first kappa shape index (κ1) is 10.1. The van der Waals surface area contributed by atoms with Gasteiger partial charge in [0.25, 0.3) is 0 Å².